The van der Waals surface area contributed by atoms with E-state index in [2.05, 4.69) is 15.5 Å². The lowest BCUT2D eigenvalue weighted by molar-refractivity contribution is 0.334. The van der Waals surface area contributed by atoms with Crippen molar-refractivity contribution in [2.75, 3.05) is 13.1 Å². The normalized spacial score (nSPS) is 19.8. The average molecular weight is 182 g/mol. The zero-order valence-electron chi connectivity index (χ0n) is 7.66. The lowest BCUT2D eigenvalue weighted by Crippen LogP contribution is -2.40. The summed E-state index contributed by atoms with van der Waals surface area (Å²) in [5.74, 6) is 1.67. The van der Waals surface area contributed by atoms with Crippen LogP contribution in [0.4, 0.5) is 0 Å². The van der Waals surface area contributed by atoms with Crippen molar-refractivity contribution in [1.82, 2.24) is 15.5 Å². The second kappa shape index (κ2) is 3.43. The maximum Gasteiger partial charge on any atom is 0.233 e. The Hall–Kier alpha value is -0.940. The summed E-state index contributed by atoms with van der Waals surface area (Å²) in [4.78, 5) is 0. The Bertz CT molecular complexity index is 262. The fourth-order valence-electron chi connectivity index (χ4n) is 1.20. The lowest BCUT2D eigenvalue weighted by atomic mass is 10.0. The van der Waals surface area contributed by atoms with Gasteiger partial charge in [0.1, 0.15) is 0 Å². The molecule has 2 heterocycles. The number of hydrogen-bond acceptors (Lipinski definition) is 5. The first-order valence-electron chi connectivity index (χ1n) is 4.61. The zero-order valence-corrected chi connectivity index (χ0v) is 7.66. The van der Waals surface area contributed by atoms with Gasteiger partial charge in [0.25, 0.3) is 0 Å². The summed E-state index contributed by atoms with van der Waals surface area (Å²) in [6, 6.07) is -0.116. The molecule has 13 heavy (non-hydrogen) atoms. The molecule has 1 aliphatic heterocycles. The van der Waals surface area contributed by atoms with Gasteiger partial charge in [-0.1, -0.05) is 6.92 Å². The van der Waals surface area contributed by atoms with Crippen LogP contribution < -0.4 is 11.1 Å². The topological polar surface area (TPSA) is 77.0 Å². The molecular weight excluding hydrogens is 168 g/mol. The van der Waals surface area contributed by atoms with E-state index in [1.807, 2.05) is 6.92 Å². The maximum atomic E-state index is 5.76. The number of nitrogens with one attached hydrogen (secondary N) is 1. The summed E-state index contributed by atoms with van der Waals surface area (Å²) in [7, 11) is 0. The van der Waals surface area contributed by atoms with E-state index in [4.69, 9.17) is 10.2 Å². The first-order valence-corrected chi connectivity index (χ1v) is 4.61. The Morgan fingerprint density at radius 2 is 2.38 bits per heavy atom. The summed E-state index contributed by atoms with van der Waals surface area (Å²) < 4.78 is 5.45. The quantitative estimate of drug-likeness (QED) is 0.696. The molecule has 0 bridgehead atoms. The molecule has 0 saturated carbocycles. The van der Waals surface area contributed by atoms with Gasteiger partial charge in [0.15, 0.2) is 0 Å². The molecule has 1 fully saturated rings. The van der Waals surface area contributed by atoms with Gasteiger partial charge >= 0.3 is 0 Å². The molecule has 1 aromatic rings. The molecule has 1 aromatic heterocycles. The van der Waals surface area contributed by atoms with Crippen LogP contribution in [-0.2, 0) is 0 Å². The van der Waals surface area contributed by atoms with Crippen LogP contribution in [-0.4, -0.2) is 23.3 Å². The number of nitrogens with two attached hydrogens (primary N) is 1. The highest BCUT2D eigenvalue weighted by molar-refractivity contribution is 5.00. The van der Waals surface area contributed by atoms with Crippen molar-refractivity contribution in [3.63, 3.8) is 0 Å². The van der Waals surface area contributed by atoms with Gasteiger partial charge in [-0.2, -0.15) is 0 Å². The molecule has 1 atom stereocenters. The predicted octanol–water partition coefficient (Wildman–Crippen LogP) is 0.166. The highest BCUT2D eigenvalue weighted by atomic mass is 16.4. The van der Waals surface area contributed by atoms with Crippen molar-refractivity contribution in [2.24, 2.45) is 5.73 Å². The van der Waals surface area contributed by atoms with E-state index >= 15 is 0 Å². The van der Waals surface area contributed by atoms with Crippen molar-refractivity contribution in [3.05, 3.63) is 11.8 Å². The molecule has 1 aliphatic rings. The number of hydrogen-bond donors (Lipinski definition) is 2. The van der Waals surface area contributed by atoms with E-state index in [1.165, 1.54) is 0 Å². The Kier molecular flexibility index (Phi) is 2.28. The molecule has 3 N–H and O–H groups in total. The molecule has 0 aliphatic carbocycles. The van der Waals surface area contributed by atoms with Crippen molar-refractivity contribution < 1.29 is 4.42 Å². The van der Waals surface area contributed by atoms with Crippen LogP contribution in [0.1, 0.15) is 37.1 Å². The van der Waals surface area contributed by atoms with Crippen LogP contribution in [0.25, 0.3) is 0 Å². The van der Waals surface area contributed by atoms with Crippen LogP contribution in [0.15, 0.2) is 4.42 Å². The van der Waals surface area contributed by atoms with Gasteiger partial charge in [-0.3, -0.25) is 0 Å². The molecule has 1 saturated heterocycles. The Morgan fingerprint density at radius 1 is 1.62 bits per heavy atom. The van der Waals surface area contributed by atoms with Crippen LogP contribution in [0.3, 0.4) is 0 Å². The standard InChI is InChI=1S/C8H14N4O/c1-2-6(9)8-12-11-7(13-8)5-3-10-4-5/h5-6,10H,2-4,9H2,1H3. The summed E-state index contributed by atoms with van der Waals surface area (Å²) in [5, 5.41) is 11.0. The van der Waals surface area contributed by atoms with E-state index in [9.17, 15) is 0 Å². The summed E-state index contributed by atoms with van der Waals surface area (Å²) in [6.45, 7) is 3.87. The monoisotopic (exact) mass is 182 g/mol. The van der Waals surface area contributed by atoms with Crippen LogP contribution in [0.5, 0.6) is 0 Å². The minimum atomic E-state index is -0.116. The SMILES string of the molecule is CCC(N)c1nnc(C2CNC2)o1. The van der Waals surface area contributed by atoms with Gasteiger partial charge in [0.05, 0.1) is 12.0 Å². The van der Waals surface area contributed by atoms with Gasteiger partial charge in [0, 0.05) is 13.1 Å². The van der Waals surface area contributed by atoms with E-state index in [0.717, 1.165) is 25.4 Å². The smallest absolute Gasteiger partial charge is 0.233 e. The number of nitrogens with zero attached hydrogens (tertiary/aromatic N) is 2. The Labute approximate surface area is 76.7 Å². The highest BCUT2D eigenvalue weighted by Gasteiger charge is 2.25. The fourth-order valence-corrected chi connectivity index (χ4v) is 1.20. The molecule has 1 unspecified atom stereocenters. The third-order valence-corrected chi connectivity index (χ3v) is 2.34. The highest BCUT2D eigenvalue weighted by Crippen LogP contribution is 2.20. The Morgan fingerprint density at radius 3 is 2.92 bits per heavy atom. The minimum Gasteiger partial charge on any atom is -0.423 e. The first kappa shape index (κ1) is 8.65. The summed E-state index contributed by atoms with van der Waals surface area (Å²) in [5.41, 5.74) is 5.76. The molecule has 0 amide bonds. The number of rotatable bonds is 3. The zero-order chi connectivity index (χ0) is 9.26. The summed E-state index contributed by atoms with van der Waals surface area (Å²) >= 11 is 0. The van der Waals surface area contributed by atoms with Crippen LogP contribution in [0, 0.1) is 0 Å². The molecule has 72 valence electrons. The largest absolute Gasteiger partial charge is 0.423 e. The van der Waals surface area contributed by atoms with Crippen molar-refractivity contribution in [3.8, 4) is 0 Å². The third kappa shape index (κ3) is 1.57. The second-order valence-electron chi connectivity index (χ2n) is 3.35. The van der Waals surface area contributed by atoms with E-state index in [-0.39, 0.29) is 6.04 Å². The second-order valence-corrected chi connectivity index (χ2v) is 3.35. The molecule has 5 heteroatoms. The van der Waals surface area contributed by atoms with Gasteiger partial charge in [-0.15, -0.1) is 10.2 Å². The molecular formula is C8H14N4O. The number of aromatic nitrogens is 2. The Balaban J connectivity index is 2.08. The van der Waals surface area contributed by atoms with Crippen molar-refractivity contribution in [2.45, 2.75) is 25.3 Å². The molecule has 2 rings (SSSR count). The minimum absolute atomic E-state index is 0.116. The molecule has 0 radical (unpaired) electrons. The van der Waals surface area contributed by atoms with Crippen LogP contribution >= 0.6 is 0 Å². The predicted molar refractivity (Wildman–Crippen MR) is 47.1 cm³/mol. The van der Waals surface area contributed by atoms with Crippen LogP contribution in [0.2, 0.25) is 0 Å². The lowest BCUT2D eigenvalue weighted by Gasteiger charge is -2.23. The van der Waals surface area contributed by atoms with Gasteiger partial charge in [0.2, 0.25) is 11.8 Å². The maximum absolute atomic E-state index is 5.76. The molecule has 5 nitrogen and oxygen atoms in total. The van der Waals surface area contributed by atoms with Crippen molar-refractivity contribution in [1.29, 1.82) is 0 Å². The van der Waals surface area contributed by atoms with Crippen molar-refractivity contribution >= 4 is 0 Å². The summed E-state index contributed by atoms with van der Waals surface area (Å²) in [6.07, 6.45) is 0.824. The fraction of sp³-hybridized carbons (Fsp3) is 0.750. The average Bonchev–Trinajstić information content (AvgIpc) is 2.49. The van der Waals surface area contributed by atoms with E-state index < -0.39 is 0 Å². The molecule has 0 spiro atoms. The van der Waals surface area contributed by atoms with E-state index in [1.54, 1.807) is 0 Å². The first-order chi connectivity index (χ1) is 6.31. The van der Waals surface area contributed by atoms with Gasteiger partial charge in [-0.25, -0.2) is 0 Å². The van der Waals surface area contributed by atoms with Gasteiger partial charge in [-0.05, 0) is 6.42 Å². The van der Waals surface area contributed by atoms with E-state index in [0.29, 0.717) is 11.8 Å². The molecule has 0 aromatic carbocycles. The van der Waals surface area contributed by atoms with Gasteiger partial charge < -0.3 is 15.5 Å². The third-order valence-electron chi connectivity index (χ3n) is 2.34.